The van der Waals surface area contributed by atoms with Gasteiger partial charge >= 0.3 is 0 Å². The molecule has 6 heteroatoms. The quantitative estimate of drug-likeness (QED) is 0.484. The standard InChI is InChI=1S/C20H41N5O/c1-7-17(8-2)18(24(5)6)15-23-20(22-9-3)25-12-10-16(11-13-25)14-19(26)21-4/h16-18H,7-15H2,1-6H3,(H,21,26)(H,22,23). The van der Waals surface area contributed by atoms with Crippen molar-refractivity contribution in [3.63, 3.8) is 0 Å². The van der Waals surface area contributed by atoms with Gasteiger partial charge in [-0.15, -0.1) is 0 Å². The Morgan fingerprint density at radius 2 is 1.81 bits per heavy atom. The van der Waals surface area contributed by atoms with Crippen LogP contribution in [0.15, 0.2) is 4.99 Å². The predicted octanol–water partition coefficient (Wildman–Crippen LogP) is 2.17. The third-order valence-electron chi connectivity index (χ3n) is 5.69. The molecular formula is C20H41N5O. The van der Waals surface area contributed by atoms with Crippen LogP contribution in [0.25, 0.3) is 0 Å². The molecule has 1 amide bonds. The van der Waals surface area contributed by atoms with Crippen LogP contribution in [0.5, 0.6) is 0 Å². The molecule has 1 heterocycles. The molecule has 0 aromatic heterocycles. The van der Waals surface area contributed by atoms with Crippen LogP contribution < -0.4 is 10.6 Å². The summed E-state index contributed by atoms with van der Waals surface area (Å²) in [6.07, 6.45) is 5.14. The number of carbonyl (C=O) groups excluding carboxylic acids is 1. The van der Waals surface area contributed by atoms with Crippen molar-refractivity contribution in [3.05, 3.63) is 0 Å². The van der Waals surface area contributed by atoms with Crippen molar-refractivity contribution in [2.75, 3.05) is 47.3 Å². The van der Waals surface area contributed by atoms with E-state index >= 15 is 0 Å². The normalized spacial score (nSPS) is 17.7. The van der Waals surface area contributed by atoms with E-state index in [1.165, 1.54) is 12.8 Å². The fourth-order valence-electron chi connectivity index (χ4n) is 3.89. The first-order chi connectivity index (χ1) is 12.5. The van der Waals surface area contributed by atoms with Gasteiger partial charge in [-0.1, -0.05) is 26.7 Å². The van der Waals surface area contributed by atoms with Crippen LogP contribution in [-0.4, -0.2) is 75.0 Å². The smallest absolute Gasteiger partial charge is 0.220 e. The summed E-state index contributed by atoms with van der Waals surface area (Å²) in [5.41, 5.74) is 0. The van der Waals surface area contributed by atoms with Crippen molar-refractivity contribution in [2.24, 2.45) is 16.8 Å². The zero-order valence-corrected chi connectivity index (χ0v) is 17.8. The minimum atomic E-state index is 0.156. The molecule has 26 heavy (non-hydrogen) atoms. The summed E-state index contributed by atoms with van der Waals surface area (Å²) in [6, 6.07) is 0.476. The Bertz CT molecular complexity index is 426. The van der Waals surface area contributed by atoms with Crippen molar-refractivity contribution in [1.82, 2.24) is 20.4 Å². The second kappa shape index (κ2) is 12.2. The lowest BCUT2D eigenvalue weighted by Gasteiger charge is -2.35. The number of amides is 1. The maximum Gasteiger partial charge on any atom is 0.220 e. The number of carbonyl (C=O) groups is 1. The van der Waals surface area contributed by atoms with Crippen LogP contribution in [-0.2, 0) is 4.79 Å². The topological polar surface area (TPSA) is 60.0 Å². The van der Waals surface area contributed by atoms with Crippen LogP contribution in [0.2, 0.25) is 0 Å². The number of guanidine groups is 1. The van der Waals surface area contributed by atoms with E-state index in [1.54, 1.807) is 7.05 Å². The molecule has 0 aromatic carbocycles. The molecule has 152 valence electrons. The van der Waals surface area contributed by atoms with Gasteiger partial charge in [0.05, 0.1) is 6.54 Å². The highest BCUT2D eigenvalue weighted by Crippen LogP contribution is 2.21. The van der Waals surface area contributed by atoms with E-state index in [4.69, 9.17) is 4.99 Å². The van der Waals surface area contributed by atoms with Crippen LogP contribution in [0.4, 0.5) is 0 Å². The molecule has 1 aliphatic heterocycles. The van der Waals surface area contributed by atoms with E-state index in [9.17, 15) is 4.79 Å². The number of rotatable bonds is 9. The Morgan fingerprint density at radius 3 is 2.27 bits per heavy atom. The third kappa shape index (κ3) is 7.14. The summed E-state index contributed by atoms with van der Waals surface area (Å²) in [5.74, 6) is 2.36. The molecule has 1 fully saturated rings. The molecule has 0 aliphatic carbocycles. The minimum Gasteiger partial charge on any atom is -0.359 e. The number of aliphatic imine (C=N–C) groups is 1. The van der Waals surface area contributed by atoms with Gasteiger partial charge in [-0.05, 0) is 45.7 Å². The number of hydrogen-bond acceptors (Lipinski definition) is 3. The van der Waals surface area contributed by atoms with Gasteiger partial charge in [0, 0.05) is 39.1 Å². The molecule has 0 radical (unpaired) electrons. The predicted molar refractivity (Wildman–Crippen MR) is 111 cm³/mol. The summed E-state index contributed by atoms with van der Waals surface area (Å²) in [7, 11) is 6.04. The Morgan fingerprint density at radius 1 is 1.19 bits per heavy atom. The monoisotopic (exact) mass is 367 g/mol. The van der Waals surface area contributed by atoms with E-state index in [-0.39, 0.29) is 5.91 Å². The van der Waals surface area contributed by atoms with E-state index in [1.807, 2.05) is 0 Å². The largest absolute Gasteiger partial charge is 0.359 e. The van der Waals surface area contributed by atoms with Crippen molar-refractivity contribution >= 4 is 11.9 Å². The first-order valence-electron chi connectivity index (χ1n) is 10.4. The second-order valence-electron chi connectivity index (χ2n) is 7.61. The van der Waals surface area contributed by atoms with Gasteiger partial charge in [-0.3, -0.25) is 9.79 Å². The molecule has 0 saturated carbocycles. The number of nitrogens with one attached hydrogen (secondary N) is 2. The maximum atomic E-state index is 11.6. The van der Waals surface area contributed by atoms with Crippen LogP contribution in [0, 0.1) is 11.8 Å². The maximum absolute atomic E-state index is 11.6. The van der Waals surface area contributed by atoms with Gasteiger partial charge < -0.3 is 20.4 Å². The summed E-state index contributed by atoms with van der Waals surface area (Å²) in [6.45, 7) is 10.3. The Balaban J connectivity index is 2.70. The van der Waals surface area contributed by atoms with E-state index in [0.29, 0.717) is 24.3 Å². The molecule has 2 N–H and O–H groups in total. The fourth-order valence-corrected chi connectivity index (χ4v) is 3.89. The number of hydrogen-bond donors (Lipinski definition) is 2. The molecule has 0 spiro atoms. The summed E-state index contributed by atoms with van der Waals surface area (Å²) < 4.78 is 0. The van der Waals surface area contributed by atoms with Crippen molar-refractivity contribution in [1.29, 1.82) is 0 Å². The molecule has 6 nitrogen and oxygen atoms in total. The molecule has 1 unspecified atom stereocenters. The van der Waals surface area contributed by atoms with Crippen LogP contribution >= 0.6 is 0 Å². The van der Waals surface area contributed by atoms with Crippen molar-refractivity contribution in [3.8, 4) is 0 Å². The first-order valence-corrected chi connectivity index (χ1v) is 10.4. The van der Waals surface area contributed by atoms with Gasteiger partial charge in [0.15, 0.2) is 5.96 Å². The molecule has 0 bridgehead atoms. The zero-order chi connectivity index (χ0) is 19.5. The van der Waals surface area contributed by atoms with Crippen molar-refractivity contribution < 1.29 is 4.79 Å². The van der Waals surface area contributed by atoms with E-state index in [2.05, 4.69) is 55.3 Å². The lowest BCUT2D eigenvalue weighted by Crippen LogP contribution is -2.47. The minimum absolute atomic E-state index is 0.156. The highest BCUT2D eigenvalue weighted by atomic mass is 16.1. The van der Waals surface area contributed by atoms with Gasteiger partial charge in [0.2, 0.25) is 5.91 Å². The zero-order valence-electron chi connectivity index (χ0n) is 17.8. The average molecular weight is 368 g/mol. The molecule has 1 atom stereocenters. The van der Waals surface area contributed by atoms with Crippen molar-refractivity contribution in [2.45, 2.75) is 58.9 Å². The lowest BCUT2D eigenvalue weighted by molar-refractivity contribution is -0.121. The average Bonchev–Trinajstić information content (AvgIpc) is 2.64. The first kappa shape index (κ1) is 22.7. The number of likely N-dealkylation sites (N-methyl/N-ethyl adjacent to an activating group) is 1. The SMILES string of the molecule is CCNC(=NCC(C(CC)CC)N(C)C)N1CCC(CC(=O)NC)CC1. The Labute approximate surface area is 160 Å². The van der Waals surface area contributed by atoms with E-state index < -0.39 is 0 Å². The highest BCUT2D eigenvalue weighted by molar-refractivity contribution is 5.80. The fraction of sp³-hybridized carbons (Fsp3) is 0.900. The Hall–Kier alpha value is -1.30. The summed E-state index contributed by atoms with van der Waals surface area (Å²) >= 11 is 0. The third-order valence-corrected chi connectivity index (χ3v) is 5.69. The molecule has 0 aromatic rings. The van der Waals surface area contributed by atoms with Gasteiger partial charge in [-0.2, -0.15) is 0 Å². The molecule has 1 rings (SSSR count). The summed E-state index contributed by atoms with van der Waals surface area (Å²) in [5, 5.41) is 6.20. The molecule has 1 aliphatic rings. The second-order valence-corrected chi connectivity index (χ2v) is 7.61. The lowest BCUT2D eigenvalue weighted by atomic mass is 9.93. The van der Waals surface area contributed by atoms with Gasteiger partial charge in [0.1, 0.15) is 0 Å². The number of piperidine rings is 1. The van der Waals surface area contributed by atoms with Gasteiger partial charge in [0.25, 0.3) is 0 Å². The Kier molecular flexibility index (Phi) is 10.6. The number of nitrogens with zero attached hydrogens (tertiary/aromatic N) is 3. The molecule has 1 saturated heterocycles. The van der Waals surface area contributed by atoms with E-state index in [0.717, 1.165) is 45.0 Å². The number of likely N-dealkylation sites (tertiary alicyclic amines) is 1. The van der Waals surface area contributed by atoms with Crippen LogP contribution in [0.1, 0.15) is 52.9 Å². The summed E-state index contributed by atoms with van der Waals surface area (Å²) in [4.78, 5) is 21.3. The van der Waals surface area contributed by atoms with Crippen LogP contribution in [0.3, 0.4) is 0 Å². The van der Waals surface area contributed by atoms with Gasteiger partial charge in [-0.25, -0.2) is 0 Å². The molecular weight excluding hydrogens is 326 g/mol. The highest BCUT2D eigenvalue weighted by Gasteiger charge is 2.24.